The maximum Gasteiger partial charge on any atom is 0.233 e. The van der Waals surface area contributed by atoms with Crippen LogP contribution in [0.5, 0.6) is 0 Å². The summed E-state index contributed by atoms with van der Waals surface area (Å²) < 4.78 is 5.09. The standard InChI is InChI=1S/C9H13NO3/c1-2-9(3-6-5-13-6)4-7(11)10-8(9)12/h6H,2-5H2,1H3,(H,10,11,12). The number of ether oxygens (including phenoxy) is 1. The minimum Gasteiger partial charge on any atom is -0.373 e. The molecule has 2 rings (SSSR count). The van der Waals surface area contributed by atoms with Gasteiger partial charge in [-0.1, -0.05) is 6.92 Å². The van der Waals surface area contributed by atoms with E-state index in [9.17, 15) is 9.59 Å². The van der Waals surface area contributed by atoms with Crippen LogP contribution in [0, 0.1) is 5.41 Å². The van der Waals surface area contributed by atoms with Gasteiger partial charge in [-0.25, -0.2) is 0 Å². The van der Waals surface area contributed by atoms with Crippen molar-refractivity contribution in [3.63, 3.8) is 0 Å². The van der Waals surface area contributed by atoms with Crippen LogP contribution in [-0.4, -0.2) is 24.5 Å². The molecular weight excluding hydrogens is 170 g/mol. The van der Waals surface area contributed by atoms with Crippen LogP contribution in [-0.2, 0) is 14.3 Å². The molecule has 72 valence electrons. The van der Waals surface area contributed by atoms with E-state index < -0.39 is 5.41 Å². The number of epoxide rings is 1. The zero-order chi connectivity index (χ0) is 9.47. The van der Waals surface area contributed by atoms with Crippen molar-refractivity contribution < 1.29 is 14.3 Å². The highest BCUT2D eigenvalue weighted by atomic mass is 16.6. The molecule has 0 radical (unpaired) electrons. The fraction of sp³-hybridized carbons (Fsp3) is 0.778. The molecule has 2 heterocycles. The molecule has 2 unspecified atom stereocenters. The highest BCUT2D eigenvalue weighted by molar-refractivity contribution is 6.05. The molecule has 4 heteroatoms. The van der Waals surface area contributed by atoms with E-state index >= 15 is 0 Å². The summed E-state index contributed by atoms with van der Waals surface area (Å²) in [4.78, 5) is 22.6. The van der Waals surface area contributed by atoms with Crippen molar-refractivity contribution in [2.75, 3.05) is 6.61 Å². The van der Waals surface area contributed by atoms with Crippen LogP contribution in [0.3, 0.4) is 0 Å². The molecule has 2 aliphatic rings. The number of amides is 2. The van der Waals surface area contributed by atoms with Crippen LogP contribution in [0.1, 0.15) is 26.2 Å². The highest BCUT2D eigenvalue weighted by Crippen LogP contribution is 2.39. The van der Waals surface area contributed by atoms with Gasteiger partial charge in [0, 0.05) is 6.42 Å². The Kier molecular flexibility index (Phi) is 1.87. The topological polar surface area (TPSA) is 58.7 Å². The number of carbonyl (C=O) groups excluding carboxylic acids is 2. The van der Waals surface area contributed by atoms with Crippen LogP contribution in [0.25, 0.3) is 0 Å². The summed E-state index contributed by atoms with van der Waals surface area (Å²) in [7, 11) is 0. The van der Waals surface area contributed by atoms with Gasteiger partial charge in [-0.3, -0.25) is 14.9 Å². The van der Waals surface area contributed by atoms with Crippen molar-refractivity contribution in [2.45, 2.75) is 32.3 Å². The van der Waals surface area contributed by atoms with Gasteiger partial charge in [0.1, 0.15) is 0 Å². The predicted molar refractivity (Wildman–Crippen MR) is 44.8 cm³/mol. The molecule has 13 heavy (non-hydrogen) atoms. The number of imide groups is 1. The first-order valence-corrected chi connectivity index (χ1v) is 4.62. The van der Waals surface area contributed by atoms with Gasteiger partial charge >= 0.3 is 0 Å². The smallest absolute Gasteiger partial charge is 0.233 e. The lowest BCUT2D eigenvalue weighted by molar-refractivity contribution is -0.129. The second-order valence-corrected chi connectivity index (χ2v) is 3.85. The zero-order valence-electron chi connectivity index (χ0n) is 7.63. The van der Waals surface area contributed by atoms with E-state index in [0.717, 1.165) is 6.61 Å². The molecular formula is C9H13NO3. The Morgan fingerprint density at radius 1 is 1.62 bits per heavy atom. The van der Waals surface area contributed by atoms with Crippen LogP contribution < -0.4 is 5.32 Å². The summed E-state index contributed by atoms with van der Waals surface area (Å²) >= 11 is 0. The van der Waals surface area contributed by atoms with E-state index in [1.165, 1.54) is 0 Å². The van der Waals surface area contributed by atoms with Crippen LogP contribution >= 0.6 is 0 Å². The first kappa shape index (κ1) is 8.69. The lowest BCUT2D eigenvalue weighted by atomic mass is 9.79. The summed E-state index contributed by atoms with van der Waals surface area (Å²) in [5.41, 5.74) is -0.474. The van der Waals surface area contributed by atoms with Crippen molar-refractivity contribution in [1.29, 1.82) is 0 Å². The fourth-order valence-corrected chi connectivity index (χ4v) is 1.91. The summed E-state index contributed by atoms with van der Waals surface area (Å²) in [6.07, 6.45) is 1.95. The van der Waals surface area contributed by atoms with Gasteiger partial charge in [0.05, 0.1) is 18.1 Å². The molecule has 2 atom stereocenters. The van der Waals surface area contributed by atoms with Gasteiger partial charge in [0.2, 0.25) is 11.8 Å². The Bertz CT molecular complexity index is 260. The molecule has 0 bridgehead atoms. The van der Waals surface area contributed by atoms with Gasteiger partial charge in [-0.2, -0.15) is 0 Å². The molecule has 0 aromatic rings. The van der Waals surface area contributed by atoms with Crippen molar-refractivity contribution in [3.8, 4) is 0 Å². The monoisotopic (exact) mass is 183 g/mol. The number of nitrogens with one attached hydrogen (secondary N) is 1. The molecule has 2 fully saturated rings. The van der Waals surface area contributed by atoms with Crippen molar-refractivity contribution in [2.24, 2.45) is 5.41 Å². The molecule has 2 saturated heterocycles. The maximum absolute atomic E-state index is 11.5. The third-order valence-electron chi connectivity index (χ3n) is 2.93. The lowest BCUT2D eigenvalue weighted by Gasteiger charge is -2.21. The van der Waals surface area contributed by atoms with Gasteiger partial charge < -0.3 is 4.74 Å². The molecule has 0 aromatic carbocycles. The number of hydrogen-bond acceptors (Lipinski definition) is 3. The second-order valence-electron chi connectivity index (χ2n) is 3.85. The van der Waals surface area contributed by atoms with Crippen LogP contribution in [0.15, 0.2) is 0 Å². The SMILES string of the molecule is CCC1(CC2CO2)CC(=O)NC1=O. The predicted octanol–water partition coefficient (Wildman–Crippen LogP) is 0.218. The van der Waals surface area contributed by atoms with Gasteiger partial charge in [0.25, 0.3) is 0 Å². The molecule has 0 saturated carbocycles. The highest BCUT2D eigenvalue weighted by Gasteiger charge is 2.48. The Labute approximate surface area is 76.6 Å². The first-order chi connectivity index (χ1) is 6.16. The Balaban J connectivity index is 2.12. The van der Waals surface area contributed by atoms with Gasteiger partial charge in [0.15, 0.2) is 0 Å². The molecule has 2 amide bonds. The van der Waals surface area contributed by atoms with E-state index in [0.29, 0.717) is 19.3 Å². The van der Waals surface area contributed by atoms with E-state index in [4.69, 9.17) is 4.74 Å². The maximum atomic E-state index is 11.5. The van der Waals surface area contributed by atoms with Gasteiger partial charge in [-0.15, -0.1) is 0 Å². The van der Waals surface area contributed by atoms with Crippen molar-refractivity contribution in [3.05, 3.63) is 0 Å². The first-order valence-electron chi connectivity index (χ1n) is 4.62. The molecule has 0 spiro atoms. The number of rotatable bonds is 3. The number of hydrogen-bond donors (Lipinski definition) is 1. The summed E-state index contributed by atoms with van der Waals surface area (Å²) in [6, 6.07) is 0. The average Bonchev–Trinajstić information content (AvgIpc) is 2.81. The fourth-order valence-electron chi connectivity index (χ4n) is 1.91. The van der Waals surface area contributed by atoms with E-state index in [1.807, 2.05) is 6.92 Å². The minimum absolute atomic E-state index is 0.115. The molecule has 4 nitrogen and oxygen atoms in total. The van der Waals surface area contributed by atoms with Crippen molar-refractivity contribution in [1.82, 2.24) is 5.32 Å². The Morgan fingerprint density at radius 2 is 2.31 bits per heavy atom. The third-order valence-corrected chi connectivity index (χ3v) is 2.93. The van der Waals surface area contributed by atoms with Crippen molar-refractivity contribution >= 4 is 11.8 Å². The third kappa shape index (κ3) is 1.46. The summed E-state index contributed by atoms with van der Waals surface area (Å²) in [5, 5.41) is 2.36. The zero-order valence-corrected chi connectivity index (χ0v) is 7.63. The molecule has 2 aliphatic heterocycles. The van der Waals surface area contributed by atoms with Crippen LogP contribution in [0.2, 0.25) is 0 Å². The second kappa shape index (κ2) is 2.80. The van der Waals surface area contributed by atoms with E-state index in [1.54, 1.807) is 0 Å². The molecule has 0 aliphatic carbocycles. The average molecular weight is 183 g/mol. The quantitative estimate of drug-likeness (QED) is 0.503. The lowest BCUT2D eigenvalue weighted by Crippen LogP contribution is -2.32. The Hall–Kier alpha value is -0.900. The number of carbonyl (C=O) groups is 2. The summed E-state index contributed by atoms with van der Waals surface area (Å²) in [6.45, 7) is 2.68. The summed E-state index contributed by atoms with van der Waals surface area (Å²) in [5.74, 6) is -0.261. The van der Waals surface area contributed by atoms with E-state index in [-0.39, 0.29) is 17.9 Å². The largest absolute Gasteiger partial charge is 0.373 e. The van der Waals surface area contributed by atoms with Crippen LogP contribution in [0.4, 0.5) is 0 Å². The minimum atomic E-state index is -0.474. The van der Waals surface area contributed by atoms with Gasteiger partial charge in [-0.05, 0) is 12.8 Å². The Morgan fingerprint density at radius 3 is 2.69 bits per heavy atom. The normalized spacial score (nSPS) is 37.8. The molecule has 1 N–H and O–H groups in total. The van der Waals surface area contributed by atoms with E-state index in [2.05, 4.69) is 5.32 Å². The molecule has 0 aromatic heterocycles.